The Morgan fingerprint density at radius 3 is 1.67 bits per heavy atom. The second-order valence-corrected chi connectivity index (χ2v) is 11.8. The molecule has 1 aliphatic heterocycles. The van der Waals surface area contributed by atoms with E-state index in [0.29, 0.717) is 40.2 Å². The zero-order chi connectivity index (χ0) is 31.4. The van der Waals surface area contributed by atoms with Crippen molar-refractivity contribution in [2.24, 2.45) is 4.99 Å². The summed E-state index contributed by atoms with van der Waals surface area (Å²) in [6.45, 7) is 8.09. The van der Waals surface area contributed by atoms with E-state index in [1.165, 1.54) is 0 Å². The third kappa shape index (κ3) is 5.07. The minimum atomic E-state index is 0.463. The molecule has 0 bridgehead atoms. The molecule has 46 heavy (non-hydrogen) atoms. The van der Waals surface area contributed by atoms with E-state index in [-0.39, 0.29) is 0 Å². The summed E-state index contributed by atoms with van der Waals surface area (Å²) in [5, 5.41) is 0. The summed E-state index contributed by atoms with van der Waals surface area (Å²) in [5.74, 6) is 2.48. The summed E-state index contributed by atoms with van der Waals surface area (Å²) in [6.07, 6.45) is 1.71. The molecule has 224 valence electrons. The number of pyridine rings is 3. The van der Waals surface area contributed by atoms with Crippen LogP contribution in [0.1, 0.15) is 35.9 Å². The van der Waals surface area contributed by atoms with Gasteiger partial charge in [-0.3, -0.25) is 0 Å². The van der Waals surface area contributed by atoms with Crippen molar-refractivity contribution in [2.45, 2.75) is 40.5 Å². The van der Waals surface area contributed by atoms with Crippen LogP contribution in [0.2, 0.25) is 0 Å². The zero-order valence-electron chi connectivity index (χ0n) is 26.0. The Labute approximate surface area is 266 Å². The lowest BCUT2D eigenvalue weighted by molar-refractivity contribution is 0.517. The van der Waals surface area contributed by atoms with E-state index in [9.17, 15) is 0 Å². The molecule has 0 N–H and O–H groups in total. The molecule has 0 saturated heterocycles. The SMILES string of the molecule is CC1=Nc2nc(-c3ccc(C)c(-c4ccc(-c5ccc(-c6nc(-c7nc8nc(C)ccc8o7)ccc6C)cc5)cc4)n3)oc2CC1. The van der Waals surface area contributed by atoms with Crippen LogP contribution in [0.4, 0.5) is 5.82 Å². The molecule has 0 saturated carbocycles. The minimum absolute atomic E-state index is 0.463. The number of hydrogen-bond donors (Lipinski definition) is 0. The van der Waals surface area contributed by atoms with Crippen molar-refractivity contribution in [3.05, 3.63) is 108 Å². The standard InChI is InChI=1S/C38H30N6O2/c1-21-5-17-29(37-43-35-31(45-37)19-7-23(3)39-35)41-33(21)27-13-9-25(10-14-27)26-11-15-28(16-12-26)34-22(2)6-18-30(42-34)38-44-36-32(46-38)20-8-24(4)40-36/h5-7,9-19H,8,20H2,1-4H3. The van der Waals surface area contributed by atoms with Crippen molar-refractivity contribution in [1.29, 1.82) is 0 Å². The van der Waals surface area contributed by atoms with Crippen LogP contribution in [0.15, 0.2) is 98.8 Å². The zero-order valence-corrected chi connectivity index (χ0v) is 26.0. The van der Waals surface area contributed by atoms with Gasteiger partial charge >= 0.3 is 0 Å². The van der Waals surface area contributed by atoms with Crippen LogP contribution in [0.3, 0.4) is 0 Å². The summed E-state index contributed by atoms with van der Waals surface area (Å²) >= 11 is 0. The summed E-state index contributed by atoms with van der Waals surface area (Å²) < 4.78 is 12.0. The molecule has 0 atom stereocenters. The molecule has 0 radical (unpaired) electrons. The predicted molar refractivity (Wildman–Crippen MR) is 180 cm³/mol. The summed E-state index contributed by atoms with van der Waals surface area (Å²) in [6, 6.07) is 28.8. The van der Waals surface area contributed by atoms with E-state index in [1.807, 2.05) is 44.2 Å². The van der Waals surface area contributed by atoms with Gasteiger partial charge in [-0.1, -0.05) is 60.7 Å². The molecule has 5 aromatic heterocycles. The lowest BCUT2D eigenvalue weighted by Crippen LogP contribution is -1.99. The number of rotatable bonds is 5. The van der Waals surface area contributed by atoms with Crippen molar-refractivity contribution < 1.29 is 8.83 Å². The highest BCUT2D eigenvalue weighted by molar-refractivity contribution is 5.86. The van der Waals surface area contributed by atoms with Gasteiger partial charge in [0.25, 0.3) is 0 Å². The number of aryl methyl sites for hydroxylation is 4. The quantitative estimate of drug-likeness (QED) is 0.193. The van der Waals surface area contributed by atoms with Gasteiger partial charge in [-0.05, 0) is 80.6 Å². The highest BCUT2D eigenvalue weighted by atomic mass is 16.4. The van der Waals surface area contributed by atoms with E-state index in [4.69, 9.17) is 18.8 Å². The maximum absolute atomic E-state index is 6.05. The molecule has 0 aliphatic carbocycles. The fourth-order valence-electron chi connectivity index (χ4n) is 5.78. The Morgan fingerprint density at radius 2 is 1.07 bits per heavy atom. The van der Waals surface area contributed by atoms with Crippen LogP contribution in [0.5, 0.6) is 0 Å². The second-order valence-electron chi connectivity index (χ2n) is 11.8. The number of aromatic nitrogens is 5. The number of benzene rings is 2. The van der Waals surface area contributed by atoms with E-state index in [2.05, 4.69) is 88.4 Å². The first-order chi connectivity index (χ1) is 22.4. The average molecular weight is 603 g/mol. The highest BCUT2D eigenvalue weighted by Crippen LogP contribution is 2.34. The lowest BCUT2D eigenvalue weighted by atomic mass is 9.98. The number of nitrogens with zero attached hydrogens (tertiary/aromatic N) is 6. The first-order valence-electron chi connectivity index (χ1n) is 15.3. The first kappa shape index (κ1) is 27.8. The molecule has 0 fully saturated rings. The molecular formula is C38H30N6O2. The van der Waals surface area contributed by atoms with Gasteiger partial charge in [0.2, 0.25) is 11.8 Å². The van der Waals surface area contributed by atoms with Gasteiger partial charge in [0, 0.05) is 29.0 Å². The van der Waals surface area contributed by atoms with Crippen LogP contribution in [0, 0.1) is 20.8 Å². The van der Waals surface area contributed by atoms with E-state index < -0.39 is 0 Å². The van der Waals surface area contributed by atoms with Crippen molar-refractivity contribution in [3.8, 4) is 56.8 Å². The fraction of sp³-hybridized carbons (Fsp3) is 0.158. The van der Waals surface area contributed by atoms with Crippen molar-refractivity contribution in [3.63, 3.8) is 0 Å². The molecule has 8 heteroatoms. The van der Waals surface area contributed by atoms with E-state index in [0.717, 1.165) is 74.8 Å². The van der Waals surface area contributed by atoms with Crippen molar-refractivity contribution in [2.75, 3.05) is 0 Å². The predicted octanol–water partition coefficient (Wildman–Crippen LogP) is 9.30. The van der Waals surface area contributed by atoms with Crippen LogP contribution in [-0.4, -0.2) is 30.6 Å². The lowest BCUT2D eigenvalue weighted by Gasteiger charge is -2.10. The topological polar surface area (TPSA) is 103 Å². The Hall–Kier alpha value is -5.76. The smallest absolute Gasteiger partial charge is 0.247 e. The Morgan fingerprint density at radius 1 is 0.500 bits per heavy atom. The summed E-state index contributed by atoms with van der Waals surface area (Å²) in [7, 11) is 0. The molecule has 0 unspecified atom stereocenters. The maximum atomic E-state index is 6.05. The highest BCUT2D eigenvalue weighted by Gasteiger charge is 2.20. The number of oxazole rings is 2. The molecular weight excluding hydrogens is 572 g/mol. The van der Waals surface area contributed by atoms with Gasteiger partial charge in [-0.2, -0.15) is 9.97 Å². The minimum Gasteiger partial charge on any atom is -0.437 e. The van der Waals surface area contributed by atoms with Crippen LogP contribution in [0.25, 0.3) is 68.0 Å². The maximum Gasteiger partial charge on any atom is 0.247 e. The van der Waals surface area contributed by atoms with Gasteiger partial charge in [0.05, 0.1) is 11.4 Å². The van der Waals surface area contributed by atoms with Crippen LogP contribution < -0.4 is 0 Å². The normalized spacial score (nSPS) is 12.7. The van der Waals surface area contributed by atoms with E-state index in [1.54, 1.807) is 0 Å². The molecule has 6 heterocycles. The third-order valence-electron chi connectivity index (χ3n) is 8.36. The molecule has 7 aromatic rings. The van der Waals surface area contributed by atoms with Gasteiger partial charge in [-0.15, -0.1) is 0 Å². The van der Waals surface area contributed by atoms with E-state index >= 15 is 0 Å². The van der Waals surface area contributed by atoms with Crippen molar-refractivity contribution in [1.82, 2.24) is 24.9 Å². The third-order valence-corrected chi connectivity index (χ3v) is 8.36. The van der Waals surface area contributed by atoms with Gasteiger partial charge in [-0.25, -0.2) is 19.9 Å². The van der Waals surface area contributed by atoms with Gasteiger partial charge in [0.1, 0.15) is 11.4 Å². The summed E-state index contributed by atoms with van der Waals surface area (Å²) in [5.41, 5.74) is 12.8. The van der Waals surface area contributed by atoms with Gasteiger partial charge < -0.3 is 8.83 Å². The molecule has 1 aliphatic rings. The fourth-order valence-corrected chi connectivity index (χ4v) is 5.78. The molecule has 0 spiro atoms. The number of hydrogen-bond acceptors (Lipinski definition) is 8. The average Bonchev–Trinajstić information content (AvgIpc) is 3.69. The van der Waals surface area contributed by atoms with Gasteiger partial charge in [0.15, 0.2) is 22.8 Å². The van der Waals surface area contributed by atoms with Crippen molar-refractivity contribution >= 4 is 22.8 Å². The number of fused-ring (bicyclic) bond motifs is 2. The monoisotopic (exact) mass is 602 g/mol. The Kier molecular flexibility index (Phi) is 6.64. The van der Waals surface area contributed by atoms with Crippen LogP contribution >= 0.6 is 0 Å². The Balaban J connectivity index is 1.05. The molecule has 8 rings (SSSR count). The molecule has 2 aromatic carbocycles. The molecule has 8 nitrogen and oxygen atoms in total. The van der Waals surface area contributed by atoms with Crippen LogP contribution in [-0.2, 0) is 6.42 Å². The second kappa shape index (κ2) is 11.0. The molecule has 0 amide bonds. The first-order valence-corrected chi connectivity index (χ1v) is 15.3. The summed E-state index contributed by atoms with van der Waals surface area (Å²) in [4.78, 5) is 28.1. The number of aliphatic imine (C=N–C) groups is 1. The Bertz CT molecular complexity index is 2300. The largest absolute Gasteiger partial charge is 0.437 e.